The van der Waals surface area contributed by atoms with E-state index in [2.05, 4.69) is 15.6 Å². The topological polar surface area (TPSA) is 106 Å². The third-order valence-corrected chi connectivity index (χ3v) is 6.35. The number of ether oxygens (including phenoxy) is 1. The van der Waals surface area contributed by atoms with Crippen molar-refractivity contribution in [3.63, 3.8) is 0 Å². The van der Waals surface area contributed by atoms with Crippen molar-refractivity contribution in [2.24, 2.45) is 0 Å². The number of nitrogens with two attached hydrogens (primary N) is 1. The van der Waals surface area contributed by atoms with Gasteiger partial charge in [-0.3, -0.25) is 9.78 Å². The average Bonchev–Trinajstić information content (AvgIpc) is 3.12. The van der Waals surface area contributed by atoms with Gasteiger partial charge in [0.15, 0.2) is 0 Å². The quantitative estimate of drug-likeness (QED) is 0.491. The molecular weight excluding hydrogens is 424 g/mol. The van der Waals surface area contributed by atoms with Gasteiger partial charge >= 0.3 is 6.09 Å². The number of anilines is 2. The molecule has 0 aliphatic heterocycles. The third-order valence-electron chi connectivity index (χ3n) is 5.16. The van der Waals surface area contributed by atoms with Crippen LogP contribution in [0.15, 0.2) is 60.9 Å². The van der Waals surface area contributed by atoms with Gasteiger partial charge in [-0.15, -0.1) is 11.3 Å². The van der Waals surface area contributed by atoms with Crippen LogP contribution in [-0.2, 0) is 28.9 Å². The lowest BCUT2D eigenvalue weighted by atomic mass is 9.95. The van der Waals surface area contributed by atoms with E-state index < -0.39 is 6.09 Å². The van der Waals surface area contributed by atoms with Crippen molar-refractivity contribution in [2.45, 2.75) is 31.9 Å². The van der Waals surface area contributed by atoms with E-state index in [-0.39, 0.29) is 12.0 Å². The van der Waals surface area contributed by atoms with Crippen molar-refractivity contribution in [3.05, 3.63) is 82.5 Å². The number of fused-ring (bicyclic) bond motifs is 1. The van der Waals surface area contributed by atoms with Crippen LogP contribution in [0.2, 0.25) is 0 Å². The van der Waals surface area contributed by atoms with Crippen LogP contribution >= 0.6 is 11.3 Å². The number of carbonyl (C=O) groups excluding carboxylic acids is 2. The predicted molar refractivity (Wildman–Crippen MR) is 126 cm³/mol. The minimum Gasteiger partial charge on any atom is -0.446 e. The first-order valence-electron chi connectivity index (χ1n) is 10.4. The first-order chi connectivity index (χ1) is 15.6. The highest BCUT2D eigenvalue weighted by atomic mass is 32.1. The highest BCUT2D eigenvalue weighted by Crippen LogP contribution is 2.40. The van der Waals surface area contributed by atoms with E-state index >= 15 is 0 Å². The van der Waals surface area contributed by atoms with E-state index in [9.17, 15) is 9.59 Å². The summed E-state index contributed by atoms with van der Waals surface area (Å²) < 4.78 is 5.60. The van der Waals surface area contributed by atoms with Crippen LogP contribution in [0.25, 0.3) is 6.08 Å². The number of rotatable bonds is 6. The molecule has 1 unspecified atom stereocenters. The second-order valence-corrected chi connectivity index (χ2v) is 8.57. The molecule has 2 aromatic heterocycles. The van der Waals surface area contributed by atoms with Gasteiger partial charge in [0.2, 0.25) is 5.91 Å². The molecule has 2 heterocycles. The van der Waals surface area contributed by atoms with Crippen LogP contribution in [0.1, 0.15) is 28.0 Å². The summed E-state index contributed by atoms with van der Waals surface area (Å²) in [4.78, 5) is 29.5. The van der Waals surface area contributed by atoms with Crippen molar-refractivity contribution in [1.82, 2.24) is 10.3 Å². The Balaban J connectivity index is 1.32. The fraction of sp³-hybridized carbons (Fsp3) is 0.208. The molecule has 0 bridgehead atoms. The number of hydrogen-bond donors (Lipinski definition) is 3. The van der Waals surface area contributed by atoms with E-state index in [0.717, 1.165) is 21.6 Å². The fourth-order valence-corrected chi connectivity index (χ4v) is 4.77. The second kappa shape index (κ2) is 10.1. The summed E-state index contributed by atoms with van der Waals surface area (Å²) in [6.45, 7) is 0.423. The largest absolute Gasteiger partial charge is 0.446 e. The average molecular weight is 449 g/mol. The molecule has 1 aromatic carbocycles. The normalized spacial score (nSPS) is 15.2. The van der Waals surface area contributed by atoms with Gasteiger partial charge in [0.25, 0.3) is 0 Å². The van der Waals surface area contributed by atoms with Crippen molar-refractivity contribution in [3.8, 4) is 0 Å². The highest BCUT2D eigenvalue weighted by Gasteiger charge is 2.27. The SMILES string of the molecule is Nc1c(NC(=O)/C=C/c2cccnc2)sc2c1CCC(OC(=O)NCc1ccccc1)C2. The zero-order valence-electron chi connectivity index (χ0n) is 17.4. The van der Waals surface area contributed by atoms with Gasteiger partial charge < -0.3 is 21.1 Å². The zero-order valence-corrected chi connectivity index (χ0v) is 18.2. The van der Waals surface area contributed by atoms with Gasteiger partial charge in [-0.25, -0.2) is 4.79 Å². The molecule has 32 heavy (non-hydrogen) atoms. The van der Waals surface area contributed by atoms with E-state index in [4.69, 9.17) is 10.5 Å². The van der Waals surface area contributed by atoms with E-state index in [1.165, 1.54) is 17.4 Å². The number of nitrogens with zero attached hydrogens (tertiary/aromatic N) is 1. The molecule has 0 spiro atoms. The summed E-state index contributed by atoms with van der Waals surface area (Å²) >= 11 is 1.44. The molecule has 164 valence electrons. The zero-order chi connectivity index (χ0) is 22.3. The molecule has 8 heteroatoms. The Morgan fingerprint density at radius 3 is 2.84 bits per heavy atom. The monoisotopic (exact) mass is 448 g/mol. The number of benzene rings is 1. The fourth-order valence-electron chi connectivity index (χ4n) is 3.54. The Hall–Kier alpha value is -3.65. The Morgan fingerprint density at radius 1 is 1.22 bits per heavy atom. The number of hydrogen-bond acceptors (Lipinski definition) is 6. The summed E-state index contributed by atoms with van der Waals surface area (Å²) in [6, 6.07) is 13.4. The van der Waals surface area contributed by atoms with Crippen molar-refractivity contribution in [1.29, 1.82) is 0 Å². The second-order valence-electron chi connectivity index (χ2n) is 7.46. The molecule has 0 saturated carbocycles. The van der Waals surface area contributed by atoms with Gasteiger partial charge in [0.1, 0.15) is 11.1 Å². The Labute approximate surface area is 190 Å². The minimum atomic E-state index is -0.430. The van der Waals surface area contributed by atoms with Crippen LogP contribution < -0.4 is 16.4 Å². The number of carbonyl (C=O) groups is 2. The van der Waals surface area contributed by atoms with Crippen LogP contribution in [0.5, 0.6) is 0 Å². The summed E-state index contributed by atoms with van der Waals surface area (Å²) in [5, 5.41) is 6.28. The smallest absolute Gasteiger partial charge is 0.407 e. The molecule has 2 amide bonds. The number of alkyl carbamates (subject to hydrolysis) is 1. The van der Waals surface area contributed by atoms with Gasteiger partial charge in [-0.05, 0) is 41.7 Å². The maximum absolute atomic E-state index is 12.3. The maximum atomic E-state index is 12.3. The summed E-state index contributed by atoms with van der Waals surface area (Å²) in [6.07, 6.45) is 7.85. The van der Waals surface area contributed by atoms with Crippen LogP contribution in [-0.4, -0.2) is 23.1 Å². The Kier molecular flexibility index (Phi) is 6.81. The molecule has 0 radical (unpaired) electrons. The number of nitrogens with one attached hydrogen (secondary N) is 2. The molecule has 0 fully saturated rings. The lowest BCUT2D eigenvalue weighted by Gasteiger charge is -2.22. The lowest BCUT2D eigenvalue weighted by molar-refractivity contribution is -0.111. The van der Waals surface area contributed by atoms with Crippen molar-refractivity contribution < 1.29 is 14.3 Å². The number of amides is 2. The van der Waals surface area contributed by atoms with E-state index in [1.807, 2.05) is 42.5 Å². The molecule has 4 rings (SSSR count). The van der Waals surface area contributed by atoms with Gasteiger partial charge in [0.05, 0.1) is 5.69 Å². The summed E-state index contributed by atoms with van der Waals surface area (Å²) in [7, 11) is 0. The minimum absolute atomic E-state index is 0.217. The first-order valence-corrected chi connectivity index (χ1v) is 11.2. The molecule has 7 nitrogen and oxygen atoms in total. The molecular formula is C24H24N4O3S. The highest BCUT2D eigenvalue weighted by molar-refractivity contribution is 7.17. The predicted octanol–water partition coefficient (Wildman–Crippen LogP) is 4.16. The Morgan fingerprint density at radius 2 is 2.06 bits per heavy atom. The maximum Gasteiger partial charge on any atom is 0.407 e. The molecule has 0 saturated heterocycles. The van der Waals surface area contributed by atoms with Crippen LogP contribution in [0, 0.1) is 0 Å². The Bertz CT molecular complexity index is 1110. The van der Waals surface area contributed by atoms with Crippen LogP contribution in [0.4, 0.5) is 15.5 Å². The number of aromatic nitrogens is 1. The molecule has 3 aromatic rings. The van der Waals surface area contributed by atoms with Crippen LogP contribution in [0.3, 0.4) is 0 Å². The third kappa shape index (κ3) is 5.53. The van der Waals surface area contributed by atoms with Crippen molar-refractivity contribution in [2.75, 3.05) is 11.1 Å². The van der Waals surface area contributed by atoms with E-state index in [1.54, 1.807) is 18.5 Å². The summed E-state index contributed by atoms with van der Waals surface area (Å²) in [5.74, 6) is -0.257. The summed E-state index contributed by atoms with van der Waals surface area (Å²) in [5.41, 5.74) is 9.76. The van der Waals surface area contributed by atoms with Gasteiger partial charge in [-0.2, -0.15) is 0 Å². The van der Waals surface area contributed by atoms with E-state index in [0.29, 0.717) is 36.5 Å². The molecule has 4 N–H and O–H groups in total. The van der Waals surface area contributed by atoms with Crippen molar-refractivity contribution >= 4 is 40.1 Å². The number of nitrogen functional groups attached to an aromatic ring is 1. The standard InChI is InChI=1S/C24H24N4O3S/c25-22-19-10-9-18(31-24(30)27-15-16-5-2-1-3-6-16)13-20(19)32-23(22)28-21(29)11-8-17-7-4-12-26-14-17/h1-8,11-12,14,18H,9-10,13,15,25H2,(H,27,30)(H,28,29)/b11-8+. The number of pyridine rings is 1. The molecule has 1 aliphatic rings. The first kappa shape index (κ1) is 21.6. The lowest BCUT2D eigenvalue weighted by Crippen LogP contribution is -2.31. The van der Waals surface area contributed by atoms with Gasteiger partial charge in [-0.1, -0.05) is 36.4 Å². The number of thiophene rings is 1. The molecule has 1 aliphatic carbocycles. The van der Waals surface area contributed by atoms with Gasteiger partial charge in [0, 0.05) is 36.3 Å². The molecule has 1 atom stereocenters.